The first kappa shape index (κ1) is 22.9. The monoisotopic (exact) mass is 438 g/mol. The van der Waals surface area contributed by atoms with E-state index in [-0.39, 0.29) is 6.03 Å². The Labute approximate surface area is 185 Å². The maximum absolute atomic E-state index is 13.3. The van der Waals surface area contributed by atoms with Gasteiger partial charge in [0, 0.05) is 24.4 Å². The van der Waals surface area contributed by atoms with E-state index < -0.39 is 0 Å². The third-order valence-electron chi connectivity index (χ3n) is 6.42. The number of amides is 2. The smallest absolute Gasteiger partial charge is 0.319 e. The second-order valence-electron chi connectivity index (χ2n) is 8.28. The van der Waals surface area contributed by atoms with Crippen molar-refractivity contribution in [3.05, 3.63) is 6.20 Å². The van der Waals surface area contributed by atoms with Gasteiger partial charge >= 0.3 is 6.03 Å². The average molecular weight is 439 g/mol. The lowest BCUT2D eigenvalue weighted by Gasteiger charge is -2.41. The first-order valence-electron chi connectivity index (χ1n) is 11.6. The van der Waals surface area contributed by atoms with Crippen molar-refractivity contribution < 1.29 is 4.79 Å². The number of aromatic nitrogens is 1. The van der Waals surface area contributed by atoms with Crippen LogP contribution in [0, 0.1) is 0 Å². The number of thiazole rings is 1. The van der Waals surface area contributed by atoms with Crippen LogP contribution in [0.3, 0.4) is 0 Å². The number of nitrogens with zero attached hydrogens (tertiary/aromatic N) is 3. The summed E-state index contributed by atoms with van der Waals surface area (Å²) in [5.74, 6) is 1.06. The minimum atomic E-state index is 0.0813. The van der Waals surface area contributed by atoms with E-state index in [0.29, 0.717) is 12.1 Å². The van der Waals surface area contributed by atoms with E-state index in [4.69, 9.17) is 0 Å². The molecule has 0 atom stereocenters. The Balaban J connectivity index is 1.56. The van der Waals surface area contributed by atoms with Crippen molar-refractivity contribution in [3.63, 3.8) is 0 Å². The summed E-state index contributed by atoms with van der Waals surface area (Å²) in [6.45, 7) is 7.70. The van der Waals surface area contributed by atoms with Gasteiger partial charge in [-0.25, -0.2) is 9.78 Å². The number of urea groups is 1. The van der Waals surface area contributed by atoms with Gasteiger partial charge in [-0.2, -0.15) is 0 Å². The third kappa shape index (κ3) is 6.86. The van der Waals surface area contributed by atoms with Crippen molar-refractivity contribution in [1.82, 2.24) is 14.8 Å². The summed E-state index contributed by atoms with van der Waals surface area (Å²) < 4.78 is 1.19. The number of rotatable bonds is 9. The highest BCUT2D eigenvalue weighted by molar-refractivity contribution is 8.01. The molecule has 2 aliphatic carbocycles. The van der Waals surface area contributed by atoms with E-state index in [2.05, 4.69) is 33.9 Å². The minimum absolute atomic E-state index is 0.0813. The molecule has 0 aliphatic heterocycles. The van der Waals surface area contributed by atoms with Crippen LogP contribution in [0.1, 0.15) is 78.1 Å². The van der Waals surface area contributed by atoms with Crippen LogP contribution in [0.15, 0.2) is 10.4 Å². The molecule has 164 valence electrons. The van der Waals surface area contributed by atoms with Crippen LogP contribution in [-0.2, 0) is 0 Å². The number of nitrogens with one attached hydrogen (secondary N) is 1. The lowest BCUT2D eigenvalue weighted by atomic mass is 9.89. The molecule has 0 saturated heterocycles. The zero-order chi connectivity index (χ0) is 20.5. The molecule has 2 saturated carbocycles. The van der Waals surface area contributed by atoms with Crippen LogP contribution >= 0.6 is 23.1 Å². The molecule has 3 rings (SSSR count). The van der Waals surface area contributed by atoms with Gasteiger partial charge in [0.1, 0.15) is 0 Å². The van der Waals surface area contributed by atoms with Crippen molar-refractivity contribution in [2.24, 2.45) is 0 Å². The molecule has 1 heterocycles. The third-order valence-corrected chi connectivity index (χ3v) is 8.50. The molecule has 0 unspecified atom stereocenters. The van der Waals surface area contributed by atoms with Gasteiger partial charge in [-0.15, -0.1) is 11.8 Å². The summed E-state index contributed by atoms with van der Waals surface area (Å²) >= 11 is 3.45. The van der Waals surface area contributed by atoms with E-state index in [1.54, 1.807) is 11.3 Å². The SMILES string of the molecule is CCN(CC)CCSc1cnc(NC(=O)N(C2CCCCC2)C2CCCCC2)s1. The molecular formula is C22H38N4OS2. The summed E-state index contributed by atoms with van der Waals surface area (Å²) in [4.78, 5) is 22.4. The number of thioether (sulfide) groups is 1. The second kappa shape index (κ2) is 12.2. The predicted octanol–water partition coefficient (Wildman–Crippen LogP) is 6.08. The number of anilines is 1. The van der Waals surface area contributed by atoms with Gasteiger partial charge in [-0.05, 0) is 38.8 Å². The normalized spacial score (nSPS) is 18.9. The second-order valence-corrected chi connectivity index (χ2v) is 10.7. The molecule has 0 radical (unpaired) electrons. The maximum atomic E-state index is 13.3. The minimum Gasteiger partial charge on any atom is -0.319 e. The number of carbonyl (C=O) groups is 1. The Morgan fingerprint density at radius 1 is 1.07 bits per heavy atom. The molecule has 29 heavy (non-hydrogen) atoms. The zero-order valence-electron chi connectivity index (χ0n) is 18.2. The fraction of sp³-hybridized carbons (Fsp3) is 0.818. The Morgan fingerprint density at radius 3 is 2.21 bits per heavy atom. The van der Waals surface area contributed by atoms with Gasteiger partial charge in [0.05, 0.1) is 10.4 Å². The quantitative estimate of drug-likeness (QED) is 0.475. The van der Waals surface area contributed by atoms with E-state index in [9.17, 15) is 4.79 Å². The molecule has 0 bridgehead atoms. The van der Waals surface area contributed by atoms with Gasteiger partial charge in [0.15, 0.2) is 5.13 Å². The molecule has 0 aromatic carbocycles. The molecule has 1 aromatic heterocycles. The van der Waals surface area contributed by atoms with Crippen LogP contribution in [0.5, 0.6) is 0 Å². The Hall–Kier alpha value is -0.790. The van der Waals surface area contributed by atoms with E-state index in [1.165, 1.54) is 42.7 Å². The van der Waals surface area contributed by atoms with E-state index in [1.807, 2.05) is 18.0 Å². The van der Waals surface area contributed by atoms with Crippen molar-refractivity contribution in [1.29, 1.82) is 0 Å². The Bertz CT molecular complexity index is 590. The summed E-state index contributed by atoms with van der Waals surface area (Å²) in [6, 6.07) is 0.905. The number of hydrogen-bond donors (Lipinski definition) is 1. The lowest BCUT2D eigenvalue weighted by molar-refractivity contribution is 0.114. The number of carbonyl (C=O) groups excluding carboxylic acids is 1. The molecule has 2 amide bonds. The highest BCUT2D eigenvalue weighted by atomic mass is 32.2. The molecule has 1 N–H and O–H groups in total. The first-order valence-corrected chi connectivity index (χ1v) is 13.4. The standard InChI is InChI=1S/C22H38N4OS2/c1-3-25(4-2)15-16-28-20-17-23-21(29-20)24-22(27)26(18-11-7-5-8-12-18)19-13-9-6-10-14-19/h17-19H,3-16H2,1-2H3,(H,23,24,27). The van der Waals surface area contributed by atoms with Gasteiger partial charge in [-0.1, -0.05) is 63.7 Å². The van der Waals surface area contributed by atoms with E-state index >= 15 is 0 Å². The summed E-state index contributed by atoms with van der Waals surface area (Å²) in [5.41, 5.74) is 0. The molecule has 2 fully saturated rings. The average Bonchev–Trinajstić information content (AvgIpc) is 3.20. The lowest BCUT2D eigenvalue weighted by Crippen LogP contribution is -2.50. The zero-order valence-corrected chi connectivity index (χ0v) is 19.8. The fourth-order valence-corrected chi connectivity index (χ4v) is 6.64. The Kier molecular flexibility index (Phi) is 9.59. The summed E-state index contributed by atoms with van der Waals surface area (Å²) in [6.07, 6.45) is 14.2. The Morgan fingerprint density at radius 2 is 1.66 bits per heavy atom. The molecule has 1 aromatic rings. The first-order chi connectivity index (χ1) is 14.2. The van der Waals surface area contributed by atoms with Gasteiger partial charge in [-0.3, -0.25) is 5.32 Å². The highest BCUT2D eigenvalue weighted by Gasteiger charge is 2.32. The van der Waals surface area contributed by atoms with Crippen molar-refractivity contribution in [2.45, 2.75) is 94.3 Å². The van der Waals surface area contributed by atoms with Crippen LogP contribution < -0.4 is 5.32 Å². The maximum Gasteiger partial charge on any atom is 0.324 e. The molecule has 2 aliphatic rings. The largest absolute Gasteiger partial charge is 0.324 e. The van der Waals surface area contributed by atoms with E-state index in [0.717, 1.165) is 56.2 Å². The van der Waals surface area contributed by atoms with Crippen molar-refractivity contribution in [2.75, 3.05) is 30.7 Å². The summed E-state index contributed by atoms with van der Waals surface area (Å²) in [7, 11) is 0. The molecule has 5 nitrogen and oxygen atoms in total. The number of hydrogen-bond acceptors (Lipinski definition) is 5. The van der Waals surface area contributed by atoms with Crippen molar-refractivity contribution >= 4 is 34.3 Å². The van der Waals surface area contributed by atoms with Crippen LogP contribution in [0.4, 0.5) is 9.93 Å². The van der Waals surface area contributed by atoms with Gasteiger partial charge < -0.3 is 9.80 Å². The van der Waals surface area contributed by atoms with Crippen LogP contribution in [0.2, 0.25) is 0 Å². The molecule has 0 spiro atoms. The van der Waals surface area contributed by atoms with Gasteiger partial charge in [0.25, 0.3) is 0 Å². The van der Waals surface area contributed by atoms with Crippen LogP contribution in [-0.4, -0.2) is 58.3 Å². The highest BCUT2D eigenvalue weighted by Crippen LogP contribution is 2.32. The van der Waals surface area contributed by atoms with Gasteiger partial charge in [0.2, 0.25) is 0 Å². The topological polar surface area (TPSA) is 48.5 Å². The molecule has 7 heteroatoms. The van der Waals surface area contributed by atoms with Crippen LogP contribution in [0.25, 0.3) is 0 Å². The van der Waals surface area contributed by atoms with Crippen molar-refractivity contribution in [3.8, 4) is 0 Å². The summed E-state index contributed by atoms with van der Waals surface area (Å²) in [5, 5.41) is 3.90. The predicted molar refractivity (Wildman–Crippen MR) is 125 cm³/mol. The molecular weight excluding hydrogens is 400 g/mol. The fourth-order valence-electron chi connectivity index (χ4n) is 4.70.